The average Bonchev–Trinajstić information content (AvgIpc) is 2.62. The zero-order chi connectivity index (χ0) is 13.5. The summed E-state index contributed by atoms with van der Waals surface area (Å²) in [4.78, 5) is 7.81. The molecule has 1 N–H and O–H groups in total. The van der Waals surface area contributed by atoms with Crippen molar-refractivity contribution in [1.82, 2.24) is 9.97 Å². The molecular formula is C11H6ClF2N3O2. The van der Waals surface area contributed by atoms with Gasteiger partial charge in [-0.3, -0.25) is 4.98 Å². The summed E-state index contributed by atoms with van der Waals surface area (Å²) < 4.78 is 34.3. The Kier molecular flexibility index (Phi) is 2.63. The number of rotatable bonds is 2. The lowest BCUT2D eigenvalue weighted by Crippen LogP contribution is -2.25. The van der Waals surface area contributed by atoms with Crippen molar-refractivity contribution in [1.29, 1.82) is 0 Å². The minimum Gasteiger partial charge on any atom is -0.395 e. The molecule has 2 aromatic rings. The van der Waals surface area contributed by atoms with Gasteiger partial charge in [-0.1, -0.05) is 11.6 Å². The van der Waals surface area contributed by atoms with Crippen molar-refractivity contribution in [3.8, 4) is 11.5 Å². The van der Waals surface area contributed by atoms with Crippen molar-refractivity contribution < 1.29 is 18.3 Å². The number of hydrogen-bond donors (Lipinski definition) is 1. The van der Waals surface area contributed by atoms with E-state index in [0.717, 1.165) is 0 Å². The maximum absolute atomic E-state index is 12.8. The zero-order valence-corrected chi connectivity index (χ0v) is 9.99. The Balaban J connectivity index is 1.85. The van der Waals surface area contributed by atoms with Gasteiger partial charge in [-0.05, 0) is 12.1 Å². The summed E-state index contributed by atoms with van der Waals surface area (Å²) in [6, 6.07) is 4.29. The van der Waals surface area contributed by atoms with Crippen molar-refractivity contribution in [2.45, 2.75) is 6.29 Å². The molecule has 5 nitrogen and oxygen atoms in total. The van der Waals surface area contributed by atoms with E-state index in [1.807, 2.05) is 0 Å². The first kappa shape index (κ1) is 11.9. The molecule has 0 saturated carbocycles. The van der Waals surface area contributed by atoms with E-state index in [4.69, 9.17) is 11.6 Å². The van der Waals surface area contributed by atoms with E-state index in [1.165, 1.54) is 24.5 Å². The van der Waals surface area contributed by atoms with Crippen LogP contribution in [-0.4, -0.2) is 16.3 Å². The highest BCUT2D eigenvalue weighted by atomic mass is 35.5. The number of ether oxygens (including phenoxy) is 2. The van der Waals surface area contributed by atoms with Gasteiger partial charge in [0.1, 0.15) is 5.15 Å². The average molecular weight is 286 g/mol. The molecule has 1 aromatic heterocycles. The molecule has 0 unspecified atom stereocenters. The summed E-state index contributed by atoms with van der Waals surface area (Å²) in [5.74, 6) is 0.316. The predicted octanol–water partition coefficient (Wildman–Crippen LogP) is 3.20. The third-order valence-electron chi connectivity index (χ3n) is 2.28. The van der Waals surface area contributed by atoms with Crippen LogP contribution < -0.4 is 14.8 Å². The van der Waals surface area contributed by atoms with Crippen LogP contribution in [0, 0.1) is 0 Å². The number of anilines is 2. The standard InChI is InChI=1S/C11H6ClF2N3O2/c12-9-4-15-5-10(17-9)16-6-1-2-7-8(3-6)19-11(13,14)18-7/h1-5H,(H,16,17). The predicted molar refractivity (Wildman–Crippen MR) is 63.0 cm³/mol. The first-order valence-corrected chi connectivity index (χ1v) is 5.54. The van der Waals surface area contributed by atoms with Crippen LogP contribution in [-0.2, 0) is 0 Å². The second kappa shape index (κ2) is 4.20. The summed E-state index contributed by atoms with van der Waals surface area (Å²) >= 11 is 5.68. The molecule has 0 bridgehead atoms. The Labute approximate surface area is 111 Å². The third-order valence-corrected chi connectivity index (χ3v) is 2.46. The molecule has 2 heterocycles. The van der Waals surface area contributed by atoms with Gasteiger partial charge in [0.15, 0.2) is 17.3 Å². The molecular weight excluding hydrogens is 280 g/mol. The van der Waals surface area contributed by atoms with Crippen molar-refractivity contribution >= 4 is 23.1 Å². The molecule has 0 aliphatic carbocycles. The topological polar surface area (TPSA) is 56.3 Å². The summed E-state index contributed by atoms with van der Waals surface area (Å²) in [5, 5.41) is 3.08. The second-order valence-electron chi connectivity index (χ2n) is 3.68. The first-order valence-electron chi connectivity index (χ1n) is 5.16. The van der Waals surface area contributed by atoms with Gasteiger partial charge in [0.25, 0.3) is 0 Å². The SMILES string of the molecule is FC1(F)Oc2ccc(Nc3cncc(Cl)n3)cc2O1. The molecule has 8 heteroatoms. The zero-order valence-electron chi connectivity index (χ0n) is 9.23. The molecule has 19 heavy (non-hydrogen) atoms. The van der Waals surface area contributed by atoms with Crippen molar-refractivity contribution in [2.24, 2.45) is 0 Å². The van der Waals surface area contributed by atoms with Crippen molar-refractivity contribution in [2.75, 3.05) is 5.32 Å². The molecule has 0 spiro atoms. The number of fused-ring (bicyclic) bond motifs is 1. The third kappa shape index (κ3) is 2.50. The van der Waals surface area contributed by atoms with Crippen LogP contribution in [0.1, 0.15) is 0 Å². The van der Waals surface area contributed by atoms with E-state index in [-0.39, 0.29) is 16.7 Å². The molecule has 1 aromatic carbocycles. The van der Waals surface area contributed by atoms with E-state index in [0.29, 0.717) is 11.5 Å². The fraction of sp³-hybridized carbons (Fsp3) is 0.0909. The van der Waals surface area contributed by atoms with Crippen LogP contribution in [0.2, 0.25) is 5.15 Å². The molecule has 0 saturated heterocycles. The molecule has 3 rings (SSSR count). The van der Waals surface area contributed by atoms with Gasteiger partial charge in [-0.2, -0.15) is 0 Å². The Bertz CT molecular complexity index is 639. The van der Waals surface area contributed by atoms with Gasteiger partial charge in [-0.25, -0.2) is 4.98 Å². The maximum atomic E-state index is 12.8. The van der Waals surface area contributed by atoms with E-state index >= 15 is 0 Å². The van der Waals surface area contributed by atoms with Crippen LogP contribution in [0.15, 0.2) is 30.6 Å². The van der Waals surface area contributed by atoms with E-state index < -0.39 is 6.29 Å². The van der Waals surface area contributed by atoms with Crippen molar-refractivity contribution in [3.05, 3.63) is 35.7 Å². The van der Waals surface area contributed by atoms with E-state index in [2.05, 4.69) is 24.8 Å². The van der Waals surface area contributed by atoms with Gasteiger partial charge in [0.05, 0.1) is 12.4 Å². The van der Waals surface area contributed by atoms with Crippen LogP contribution in [0.3, 0.4) is 0 Å². The maximum Gasteiger partial charge on any atom is 0.586 e. The molecule has 1 aliphatic rings. The van der Waals surface area contributed by atoms with Gasteiger partial charge in [-0.15, -0.1) is 8.78 Å². The highest BCUT2D eigenvalue weighted by Gasteiger charge is 2.43. The lowest BCUT2D eigenvalue weighted by molar-refractivity contribution is -0.286. The summed E-state index contributed by atoms with van der Waals surface area (Å²) in [6.07, 6.45) is -0.797. The van der Waals surface area contributed by atoms with Crippen molar-refractivity contribution in [3.63, 3.8) is 0 Å². The second-order valence-corrected chi connectivity index (χ2v) is 4.07. The molecule has 98 valence electrons. The Morgan fingerprint density at radius 2 is 1.95 bits per heavy atom. The van der Waals surface area contributed by atoms with Crippen LogP contribution >= 0.6 is 11.6 Å². The lowest BCUT2D eigenvalue weighted by atomic mass is 10.3. The molecule has 0 fully saturated rings. The summed E-state index contributed by atoms with van der Waals surface area (Å²) in [7, 11) is 0. The summed E-state index contributed by atoms with van der Waals surface area (Å²) in [5.41, 5.74) is 0.497. The smallest absolute Gasteiger partial charge is 0.395 e. The van der Waals surface area contributed by atoms with Gasteiger partial charge < -0.3 is 14.8 Å². The van der Waals surface area contributed by atoms with Gasteiger partial charge in [0, 0.05) is 11.8 Å². The van der Waals surface area contributed by atoms with E-state index in [9.17, 15) is 8.78 Å². The summed E-state index contributed by atoms with van der Waals surface area (Å²) in [6.45, 7) is 0. The minimum atomic E-state index is -3.63. The Hall–Kier alpha value is -2.15. The lowest BCUT2D eigenvalue weighted by Gasteiger charge is -2.05. The van der Waals surface area contributed by atoms with Crippen LogP contribution in [0.5, 0.6) is 11.5 Å². The largest absolute Gasteiger partial charge is 0.586 e. The Morgan fingerprint density at radius 1 is 1.16 bits per heavy atom. The molecule has 0 atom stereocenters. The molecule has 1 aliphatic heterocycles. The molecule has 0 radical (unpaired) electrons. The van der Waals surface area contributed by atoms with Gasteiger partial charge >= 0.3 is 6.29 Å². The fourth-order valence-corrected chi connectivity index (χ4v) is 1.72. The number of alkyl halides is 2. The minimum absolute atomic E-state index is 0.0206. The number of benzene rings is 1. The first-order chi connectivity index (χ1) is 9.02. The normalized spacial score (nSPS) is 15.3. The number of aromatic nitrogens is 2. The van der Waals surface area contributed by atoms with E-state index in [1.54, 1.807) is 6.07 Å². The highest BCUT2D eigenvalue weighted by molar-refractivity contribution is 6.29. The molecule has 0 amide bonds. The Morgan fingerprint density at radius 3 is 2.74 bits per heavy atom. The van der Waals surface area contributed by atoms with Crippen LogP contribution in [0.4, 0.5) is 20.3 Å². The fourth-order valence-electron chi connectivity index (χ4n) is 1.58. The quantitative estimate of drug-likeness (QED) is 0.918. The number of hydrogen-bond acceptors (Lipinski definition) is 5. The van der Waals surface area contributed by atoms with Crippen LogP contribution in [0.25, 0.3) is 0 Å². The van der Waals surface area contributed by atoms with Gasteiger partial charge in [0.2, 0.25) is 0 Å². The number of halogens is 3. The highest BCUT2D eigenvalue weighted by Crippen LogP contribution is 2.42. The number of nitrogens with zero attached hydrogens (tertiary/aromatic N) is 2. The number of nitrogens with one attached hydrogen (secondary N) is 1. The monoisotopic (exact) mass is 285 g/mol.